The molecule has 2 aliphatic rings. The van der Waals surface area contributed by atoms with E-state index in [1.807, 2.05) is 0 Å². The fourth-order valence-corrected chi connectivity index (χ4v) is 3.48. The third-order valence-electron chi connectivity index (χ3n) is 2.85. The van der Waals surface area contributed by atoms with Gasteiger partial charge < -0.3 is 5.73 Å². The van der Waals surface area contributed by atoms with Crippen LogP contribution in [0.25, 0.3) is 0 Å². The molecule has 0 spiro atoms. The third kappa shape index (κ3) is 1.50. The van der Waals surface area contributed by atoms with Gasteiger partial charge in [-0.2, -0.15) is 17.0 Å². The van der Waals surface area contributed by atoms with Crippen LogP contribution in [0.3, 0.4) is 0 Å². The van der Waals surface area contributed by atoms with E-state index in [0.29, 0.717) is 30.0 Å². The number of carbonyl (C=O) groups is 1. The smallest absolute Gasteiger partial charge is 0.310 e. The van der Waals surface area contributed by atoms with Crippen molar-refractivity contribution in [3.8, 4) is 0 Å². The highest BCUT2D eigenvalue weighted by Crippen LogP contribution is 2.34. The maximum absolute atomic E-state index is 12.1. The Morgan fingerprint density at radius 2 is 1.94 bits per heavy atom. The lowest BCUT2D eigenvalue weighted by atomic mass is 10.1. The molecule has 17 heavy (non-hydrogen) atoms. The van der Waals surface area contributed by atoms with Crippen LogP contribution in [0, 0.1) is 0 Å². The molecular formula is C10H11N3O3S. The van der Waals surface area contributed by atoms with Crippen LogP contribution in [0.4, 0.5) is 11.4 Å². The van der Waals surface area contributed by atoms with Crippen LogP contribution in [0.5, 0.6) is 0 Å². The van der Waals surface area contributed by atoms with Gasteiger partial charge in [0.2, 0.25) is 5.91 Å². The summed E-state index contributed by atoms with van der Waals surface area (Å²) in [4.78, 5) is 11.8. The van der Waals surface area contributed by atoms with E-state index in [1.165, 1.54) is 4.31 Å². The summed E-state index contributed by atoms with van der Waals surface area (Å²) in [6, 6.07) is 4.82. The van der Waals surface area contributed by atoms with Crippen molar-refractivity contribution in [1.82, 2.24) is 4.31 Å². The highest BCUT2D eigenvalue weighted by molar-refractivity contribution is 7.91. The van der Waals surface area contributed by atoms with Crippen LogP contribution < -0.4 is 10.0 Å². The zero-order valence-electron chi connectivity index (χ0n) is 8.96. The topological polar surface area (TPSA) is 83.5 Å². The standard InChI is InChI=1S/C10H11N3O3S/c11-8-1-2-9-7(5-8)6-10(14)13(9)17(15,16)12-3-4-12/h1-2,5H,3-4,6,11H2. The van der Waals surface area contributed by atoms with Crippen molar-refractivity contribution >= 4 is 27.5 Å². The quantitative estimate of drug-likeness (QED) is 0.580. The van der Waals surface area contributed by atoms with Crippen LogP contribution in [0.2, 0.25) is 0 Å². The molecule has 0 bridgehead atoms. The lowest BCUT2D eigenvalue weighted by molar-refractivity contribution is -0.116. The number of carbonyl (C=O) groups excluding carboxylic acids is 1. The van der Waals surface area contributed by atoms with Crippen LogP contribution in [-0.2, 0) is 21.4 Å². The van der Waals surface area contributed by atoms with Gasteiger partial charge >= 0.3 is 10.2 Å². The molecule has 1 amide bonds. The van der Waals surface area contributed by atoms with Gasteiger partial charge in [-0.05, 0) is 23.8 Å². The zero-order valence-corrected chi connectivity index (χ0v) is 9.77. The SMILES string of the molecule is Nc1ccc2c(c1)CC(=O)N2S(=O)(=O)N1CC1. The van der Waals surface area contributed by atoms with Crippen molar-refractivity contribution < 1.29 is 13.2 Å². The molecule has 3 rings (SSSR count). The number of nitrogens with zero attached hydrogens (tertiary/aromatic N) is 2. The van der Waals surface area contributed by atoms with E-state index >= 15 is 0 Å². The number of nitrogens with two attached hydrogens (primary N) is 1. The molecule has 0 aliphatic carbocycles. The monoisotopic (exact) mass is 253 g/mol. The molecule has 1 aromatic carbocycles. The van der Waals surface area contributed by atoms with Crippen LogP contribution >= 0.6 is 0 Å². The summed E-state index contributed by atoms with van der Waals surface area (Å²) in [6.07, 6.45) is 0.0907. The first-order chi connectivity index (χ1) is 8.00. The molecule has 2 aliphatic heterocycles. The lowest BCUT2D eigenvalue weighted by Crippen LogP contribution is -2.38. The van der Waals surface area contributed by atoms with Gasteiger partial charge in [0.05, 0.1) is 12.1 Å². The second-order valence-electron chi connectivity index (χ2n) is 4.13. The van der Waals surface area contributed by atoms with Gasteiger partial charge in [0.15, 0.2) is 0 Å². The van der Waals surface area contributed by atoms with Gasteiger partial charge in [-0.3, -0.25) is 4.79 Å². The number of fused-ring (bicyclic) bond motifs is 1. The molecule has 6 nitrogen and oxygen atoms in total. The zero-order chi connectivity index (χ0) is 12.2. The van der Waals surface area contributed by atoms with E-state index < -0.39 is 16.1 Å². The summed E-state index contributed by atoms with van der Waals surface area (Å²) in [6.45, 7) is 0.965. The molecule has 0 aromatic heterocycles. The van der Waals surface area contributed by atoms with Gasteiger partial charge in [-0.1, -0.05) is 0 Å². The fourth-order valence-electron chi connectivity index (χ4n) is 1.95. The first-order valence-electron chi connectivity index (χ1n) is 5.22. The average molecular weight is 253 g/mol. The predicted molar refractivity (Wildman–Crippen MR) is 62.5 cm³/mol. The molecule has 0 saturated carbocycles. The maximum Gasteiger partial charge on any atom is 0.310 e. The number of rotatable bonds is 2. The Morgan fingerprint density at radius 1 is 1.24 bits per heavy atom. The van der Waals surface area contributed by atoms with E-state index in [0.717, 1.165) is 4.31 Å². The number of hydrogen-bond donors (Lipinski definition) is 1. The molecule has 0 radical (unpaired) electrons. The molecule has 1 saturated heterocycles. The van der Waals surface area contributed by atoms with Gasteiger partial charge in [0.25, 0.3) is 0 Å². The van der Waals surface area contributed by atoms with E-state index in [4.69, 9.17) is 5.73 Å². The largest absolute Gasteiger partial charge is 0.399 e. The number of benzene rings is 1. The highest BCUT2D eigenvalue weighted by atomic mass is 32.2. The van der Waals surface area contributed by atoms with Crippen molar-refractivity contribution in [1.29, 1.82) is 0 Å². The van der Waals surface area contributed by atoms with Gasteiger partial charge in [0, 0.05) is 18.8 Å². The van der Waals surface area contributed by atoms with Gasteiger partial charge in [-0.25, -0.2) is 0 Å². The van der Waals surface area contributed by atoms with E-state index in [1.54, 1.807) is 18.2 Å². The van der Waals surface area contributed by atoms with Crippen molar-refractivity contribution in [3.05, 3.63) is 23.8 Å². The van der Waals surface area contributed by atoms with Crippen LogP contribution in [-0.4, -0.2) is 31.7 Å². The minimum atomic E-state index is -3.66. The van der Waals surface area contributed by atoms with Crippen molar-refractivity contribution in [2.24, 2.45) is 0 Å². The summed E-state index contributed by atoms with van der Waals surface area (Å²) in [5, 5.41) is 0. The Labute approximate surface area is 98.8 Å². The molecule has 1 aromatic rings. The minimum Gasteiger partial charge on any atom is -0.399 e. The molecule has 0 atom stereocenters. The molecule has 2 heterocycles. The number of nitrogen functional groups attached to an aromatic ring is 1. The molecular weight excluding hydrogens is 242 g/mol. The first-order valence-corrected chi connectivity index (χ1v) is 6.61. The number of amides is 1. The summed E-state index contributed by atoms with van der Waals surface area (Å²) in [7, 11) is -3.66. The average Bonchev–Trinajstić information content (AvgIpc) is 3.01. The Hall–Kier alpha value is -1.60. The van der Waals surface area contributed by atoms with Crippen molar-refractivity contribution in [3.63, 3.8) is 0 Å². The third-order valence-corrected chi connectivity index (χ3v) is 4.73. The molecule has 7 heteroatoms. The normalized spacial score (nSPS) is 19.5. The molecule has 1 fully saturated rings. The predicted octanol–water partition coefficient (Wildman–Crippen LogP) is -0.282. The first kappa shape index (κ1) is 10.5. The molecule has 90 valence electrons. The lowest BCUT2D eigenvalue weighted by Gasteiger charge is -2.17. The summed E-state index contributed by atoms with van der Waals surface area (Å²) in [5.74, 6) is -0.419. The van der Waals surface area contributed by atoms with Crippen LogP contribution in [0.1, 0.15) is 5.56 Å². The number of hydrogen-bond acceptors (Lipinski definition) is 4. The second kappa shape index (κ2) is 3.21. The van der Waals surface area contributed by atoms with E-state index in [-0.39, 0.29) is 6.42 Å². The molecule has 2 N–H and O–H groups in total. The second-order valence-corrected chi connectivity index (χ2v) is 5.91. The minimum absolute atomic E-state index is 0.0907. The van der Waals surface area contributed by atoms with Crippen molar-refractivity contribution in [2.45, 2.75) is 6.42 Å². The van der Waals surface area contributed by atoms with Gasteiger partial charge in [-0.15, -0.1) is 0 Å². The summed E-state index contributed by atoms with van der Waals surface area (Å²) in [5.41, 5.74) is 7.24. The number of anilines is 2. The highest BCUT2D eigenvalue weighted by Gasteiger charge is 2.44. The maximum atomic E-state index is 12.1. The molecule has 0 unspecified atom stereocenters. The Kier molecular flexibility index (Phi) is 1.99. The summed E-state index contributed by atoms with van der Waals surface area (Å²) < 4.78 is 26.2. The van der Waals surface area contributed by atoms with E-state index in [9.17, 15) is 13.2 Å². The van der Waals surface area contributed by atoms with Crippen molar-refractivity contribution in [2.75, 3.05) is 23.1 Å². The summed E-state index contributed by atoms with van der Waals surface area (Å²) >= 11 is 0. The Bertz CT molecular complexity index is 607. The Morgan fingerprint density at radius 3 is 2.59 bits per heavy atom. The Balaban J connectivity index is 2.11. The van der Waals surface area contributed by atoms with Gasteiger partial charge in [0.1, 0.15) is 0 Å². The van der Waals surface area contributed by atoms with E-state index in [2.05, 4.69) is 0 Å². The fraction of sp³-hybridized carbons (Fsp3) is 0.300. The van der Waals surface area contributed by atoms with Crippen LogP contribution in [0.15, 0.2) is 18.2 Å².